The number of aromatic hydroxyl groups is 1. The Labute approximate surface area is 117 Å². The maximum Gasteiger partial charge on any atom is 0.128 e. The van der Waals surface area contributed by atoms with Crippen LogP contribution >= 0.6 is 0 Å². The van der Waals surface area contributed by atoms with Crippen LogP contribution in [0, 0.1) is 6.92 Å². The third kappa shape index (κ3) is 2.08. The molecule has 2 aromatic carbocycles. The lowest BCUT2D eigenvalue weighted by molar-refractivity contribution is 0.177. The summed E-state index contributed by atoms with van der Waals surface area (Å²) >= 11 is 0. The summed E-state index contributed by atoms with van der Waals surface area (Å²) in [5.41, 5.74) is 2.27. The van der Waals surface area contributed by atoms with E-state index in [4.69, 9.17) is 4.74 Å². The molecule has 0 radical (unpaired) electrons. The summed E-state index contributed by atoms with van der Waals surface area (Å²) in [6.07, 6.45) is 0. The maximum absolute atomic E-state index is 9.86. The molecule has 20 heavy (non-hydrogen) atoms. The van der Waals surface area contributed by atoms with Crippen LogP contribution in [0.5, 0.6) is 11.5 Å². The summed E-state index contributed by atoms with van der Waals surface area (Å²) in [6.45, 7) is 2.27. The van der Waals surface area contributed by atoms with E-state index in [1.165, 1.54) is 0 Å². The minimum atomic E-state index is -0.670. The van der Waals surface area contributed by atoms with E-state index in [1.807, 2.05) is 31.2 Å². The monoisotopic (exact) mass is 271 g/mol. The number of aryl methyl sites for hydroxylation is 1. The van der Waals surface area contributed by atoms with Crippen LogP contribution in [-0.2, 0) is 5.54 Å². The number of aliphatic hydroxyl groups is 1. The maximum atomic E-state index is 9.86. The fraction of sp³-hybridized carbons (Fsp3) is 0.250. The zero-order valence-corrected chi connectivity index (χ0v) is 11.3. The van der Waals surface area contributed by atoms with Crippen LogP contribution in [0.25, 0.3) is 0 Å². The highest BCUT2D eigenvalue weighted by molar-refractivity contribution is 5.55. The molecule has 1 heterocycles. The van der Waals surface area contributed by atoms with Crippen LogP contribution < -0.4 is 10.1 Å². The van der Waals surface area contributed by atoms with Crippen LogP contribution in [0.2, 0.25) is 0 Å². The lowest BCUT2D eigenvalue weighted by atomic mass is 9.92. The number of phenols is 1. The number of nitrogens with one attached hydrogen (secondary N) is 1. The van der Waals surface area contributed by atoms with Gasteiger partial charge in [0.25, 0.3) is 0 Å². The van der Waals surface area contributed by atoms with E-state index < -0.39 is 5.54 Å². The normalized spacial score (nSPS) is 20.3. The van der Waals surface area contributed by atoms with Crippen molar-refractivity contribution < 1.29 is 14.9 Å². The third-order valence-corrected chi connectivity index (χ3v) is 3.63. The number of aliphatic hydroxyl groups excluding tert-OH is 1. The molecule has 0 saturated carbocycles. The van der Waals surface area contributed by atoms with E-state index in [2.05, 4.69) is 5.32 Å². The SMILES string of the molecule is Cc1cccc(NC2(CO)COc3cc(O)ccc32)c1. The number of hydrogen-bond acceptors (Lipinski definition) is 4. The van der Waals surface area contributed by atoms with Gasteiger partial charge in [0.1, 0.15) is 23.6 Å². The molecule has 0 amide bonds. The summed E-state index contributed by atoms with van der Waals surface area (Å²) in [5, 5.41) is 22.7. The molecule has 2 aromatic rings. The van der Waals surface area contributed by atoms with E-state index in [-0.39, 0.29) is 12.4 Å². The number of rotatable bonds is 3. The van der Waals surface area contributed by atoms with Crippen LogP contribution in [0.1, 0.15) is 11.1 Å². The molecule has 104 valence electrons. The Bertz CT molecular complexity index is 641. The second kappa shape index (κ2) is 4.72. The van der Waals surface area contributed by atoms with E-state index in [1.54, 1.807) is 18.2 Å². The van der Waals surface area contributed by atoms with Crippen molar-refractivity contribution in [2.45, 2.75) is 12.5 Å². The van der Waals surface area contributed by atoms with Gasteiger partial charge in [-0.2, -0.15) is 0 Å². The van der Waals surface area contributed by atoms with Crippen molar-refractivity contribution in [3.8, 4) is 11.5 Å². The Morgan fingerprint density at radius 2 is 2.10 bits per heavy atom. The molecule has 3 N–H and O–H groups in total. The summed E-state index contributed by atoms with van der Waals surface area (Å²) in [6, 6.07) is 12.9. The summed E-state index contributed by atoms with van der Waals surface area (Å²) in [7, 11) is 0. The van der Waals surface area contributed by atoms with Crippen molar-refractivity contribution in [2.75, 3.05) is 18.5 Å². The van der Waals surface area contributed by atoms with Crippen LogP contribution in [0.15, 0.2) is 42.5 Å². The summed E-state index contributed by atoms with van der Waals surface area (Å²) < 4.78 is 5.61. The van der Waals surface area contributed by atoms with E-state index in [9.17, 15) is 10.2 Å². The Morgan fingerprint density at radius 3 is 2.85 bits per heavy atom. The van der Waals surface area contributed by atoms with Gasteiger partial charge in [0, 0.05) is 17.3 Å². The van der Waals surface area contributed by atoms with Crippen LogP contribution in [0.3, 0.4) is 0 Å². The number of benzene rings is 2. The van der Waals surface area contributed by atoms with Crippen LogP contribution in [0.4, 0.5) is 5.69 Å². The smallest absolute Gasteiger partial charge is 0.128 e. The lowest BCUT2D eigenvalue weighted by Gasteiger charge is -2.28. The van der Waals surface area contributed by atoms with Gasteiger partial charge in [-0.15, -0.1) is 0 Å². The molecule has 1 unspecified atom stereocenters. The molecular formula is C16H17NO3. The molecule has 0 bridgehead atoms. The molecule has 1 aliphatic heterocycles. The predicted octanol–water partition coefficient (Wildman–Crippen LogP) is 2.39. The fourth-order valence-electron chi connectivity index (χ4n) is 2.58. The van der Waals surface area contributed by atoms with Crippen molar-refractivity contribution in [1.82, 2.24) is 0 Å². The molecule has 0 aromatic heterocycles. The topological polar surface area (TPSA) is 61.7 Å². The largest absolute Gasteiger partial charge is 0.508 e. The van der Waals surface area contributed by atoms with Crippen LogP contribution in [-0.4, -0.2) is 23.4 Å². The molecule has 1 aliphatic rings. The molecule has 0 spiro atoms. The number of phenolic OH excluding ortho intramolecular Hbond substituents is 1. The van der Waals surface area contributed by atoms with Gasteiger partial charge in [0.05, 0.1) is 6.61 Å². The average molecular weight is 271 g/mol. The molecule has 0 aliphatic carbocycles. The highest BCUT2D eigenvalue weighted by Crippen LogP contribution is 2.40. The number of fused-ring (bicyclic) bond motifs is 1. The molecule has 1 atom stereocenters. The van der Waals surface area contributed by atoms with E-state index in [0.29, 0.717) is 12.4 Å². The summed E-state index contributed by atoms with van der Waals surface area (Å²) in [5.74, 6) is 0.771. The quantitative estimate of drug-likeness (QED) is 0.802. The Balaban J connectivity index is 1.98. The first-order valence-corrected chi connectivity index (χ1v) is 6.55. The third-order valence-electron chi connectivity index (χ3n) is 3.63. The fourth-order valence-corrected chi connectivity index (χ4v) is 2.58. The van der Waals surface area contributed by atoms with Crippen molar-refractivity contribution in [3.63, 3.8) is 0 Å². The number of ether oxygens (including phenoxy) is 1. The van der Waals surface area contributed by atoms with Gasteiger partial charge >= 0.3 is 0 Å². The van der Waals surface area contributed by atoms with Crippen molar-refractivity contribution in [1.29, 1.82) is 0 Å². The molecule has 4 heteroatoms. The first kappa shape index (κ1) is 12.8. The second-order valence-electron chi connectivity index (χ2n) is 5.20. The molecule has 0 saturated heterocycles. The Hall–Kier alpha value is -2.20. The zero-order valence-electron chi connectivity index (χ0n) is 11.3. The van der Waals surface area contributed by atoms with Gasteiger partial charge in [0.15, 0.2) is 0 Å². The molecule has 3 rings (SSSR count). The lowest BCUT2D eigenvalue weighted by Crippen LogP contribution is -2.40. The molecule has 4 nitrogen and oxygen atoms in total. The molecule has 0 fully saturated rings. The zero-order chi connectivity index (χ0) is 14.2. The van der Waals surface area contributed by atoms with E-state index in [0.717, 1.165) is 16.8 Å². The van der Waals surface area contributed by atoms with Gasteiger partial charge < -0.3 is 20.3 Å². The Kier molecular flexibility index (Phi) is 3.03. The van der Waals surface area contributed by atoms with Gasteiger partial charge in [-0.1, -0.05) is 12.1 Å². The highest BCUT2D eigenvalue weighted by atomic mass is 16.5. The minimum Gasteiger partial charge on any atom is -0.508 e. The highest BCUT2D eigenvalue weighted by Gasteiger charge is 2.40. The average Bonchev–Trinajstić information content (AvgIpc) is 2.77. The standard InChI is InChI=1S/C16H17NO3/c1-11-3-2-4-12(7-11)17-16(9-18)10-20-15-8-13(19)5-6-14(15)16/h2-8,17-19H,9-10H2,1H3. The van der Waals surface area contributed by atoms with Gasteiger partial charge in [-0.3, -0.25) is 0 Å². The number of hydrogen-bond donors (Lipinski definition) is 3. The molecular weight excluding hydrogens is 254 g/mol. The van der Waals surface area contributed by atoms with Gasteiger partial charge in [0.2, 0.25) is 0 Å². The van der Waals surface area contributed by atoms with Crippen molar-refractivity contribution >= 4 is 5.69 Å². The van der Waals surface area contributed by atoms with Crippen molar-refractivity contribution in [2.24, 2.45) is 0 Å². The Morgan fingerprint density at radius 1 is 1.25 bits per heavy atom. The van der Waals surface area contributed by atoms with Gasteiger partial charge in [-0.25, -0.2) is 0 Å². The minimum absolute atomic E-state index is 0.0846. The van der Waals surface area contributed by atoms with Gasteiger partial charge in [-0.05, 0) is 36.8 Å². The van der Waals surface area contributed by atoms with E-state index >= 15 is 0 Å². The first-order chi connectivity index (χ1) is 9.63. The predicted molar refractivity (Wildman–Crippen MR) is 77.2 cm³/mol. The number of anilines is 1. The van der Waals surface area contributed by atoms with Crippen molar-refractivity contribution in [3.05, 3.63) is 53.6 Å². The first-order valence-electron chi connectivity index (χ1n) is 6.55. The second-order valence-corrected chi connectivity index (χ2v) is 5.20. The summed E-state index contributed by atoms with van der Waals surface area (Å²) in [4.78, 5) is 0.